The minimum atomic E-state index is -0.239. The highest BCUT2D eigenvalue weighted by Crippen LogP contribution is 2.22. The Morgan fingerprint density at radius 1 is 1.12 bits per heavy atom. The second kappa shape index (κ2) is 8.84. The number of nitrogens with one attached hydrogen (secondary N) is 3. The number of pyridine rings is 1. The molecule has 0 aliphatic carbocycles. The number of rotatable bonds is 7. The number of carbonyl (C=O) groups excluding carboxylic acids is 2. The van der Waals surface area contributed by atoms with Gasteiger partial charge >= 0.3 is 6.03 Å². The molecule has 0 unspecified atom stereocenters. The monoisotopic (exact) mass is 353 g/mol. The molecule has 3 N–H and O–H groups in total. The Kier molecular flexibility index (Phi) is 6.03. The molecule has 1 saturated heterocycles. The van der Waals surface area contributed by atoms with Gasteiger partial charge in [0.05, 0.1) is 5.69 Å². The Balaban J connectivity index is 1.36. The summed E-state index contributed by atoms with van der Waals surface area (Å²) in [5.41, 5.74) is 2.54. The van der Waals surface area contributed by atoms with Gasteiger partial charge in [-0.2, -0.15) is 0 Å². The molecule has 0 atom stereocenters. The summed E-state index contributed by atoms with van der Waals surface area (Å²) < 4.78 is 0. The van der Waals surface area contributed by atoms with Gasteiger partial charge in [-0.05, 0) is 49.2 Å². The number of amides is 3. The number of aromatic nitrogens is 1. The third kappa shape index (κ3) is 4.95. The predicted molar refractivity (Wildman–Crippen MR) is 102 cm³/mol. The molecular weight excluding hydrogens is 330 g/mol. The molecule has 3 amide bonds. The van der Waals surface area contributed by atoms with Gasteiger partial charge < -0.3 is 20.9 Å². The highest BCUT2D eigenvalue weighted by molar-refractivity contribution is 5.96. The second-order valence-corrected chi connectivity index (χ2v) is 6.10. The van der Waals surface area contributed by atoms with Gasteiger partial charge in [-0.1, -0.05) is 0 Å². The molecule has 1 aromatic heterocycles. The van der Waals surface area contributed by atoms with Gasteiger partial charge in [-0.15, -0.1) is 0 Å². The molecule has 0 spiro atoms. The Hall–Kier alpha value is -3.09. The molecule has 7 nitrogen and oxygen atoms in total. The maximum absolute atomic E-state index is 11.9. The van der Waals surface area contributed by atoms with E-state index in [9.17, 15) is 9.59 Å². The first-order chi connectivity index (χ1) is 12.7. The molecule has 3 rings (SSSR count). The van der Waals surface area contributed by atoms with Crippen molar-refractivity contribution in [3.8, 4) is 0 Å². The first kappa shape index (κ1) is 17.7. The van der Waals surface area contributed by atoms with Crippen molar-refractivity contribution >= 4 is 29.0 Å². The van der Waals surface area contributed by atoms with Crippen LogP contribution in [-0.2, 0) is 4.79 Å². The summed E-state index contributed by atoms with van der Waals surface area (Å²) in [5, 5.41) is 8.86. The van der Waals surface area contributed by atoms with Crippen molar-refractivity contribution in [3.05, 3.63) is 48.8 Å². The topological polar surface area (TPSA) is 86.4 Å². The van der Waals surface area contributed by atoms with Crippen LogP contribution >= 0.6 is 0 Å². The van der Waals surface area contributed by atoms with Crippen LogP contribution in [0.3, 0.4) is 0 Å². The number of nitrogens with zero attached hydrogens (tertiary/aromatic N) is 2. The standard InChI is InChI=1S/C19H23N5O2/c25-18-5-2-13-24(18)17-8-6-15(7-9-17)23-19(26)22-12-3-11-21-16-4-1-10-20-14-16/h1,4,6-10,14,21H,2-3,5,11-13H2,(H2,22,23,26). The van der Waals surface area contributed by atoms with Gasteiger partial charge in [0.15, 0.2) is 0 Å². The van der Waals surface area contributed by atoms with E-state index < -0.39 is 0 Å². The van der Waals surface area contributed by atoms with E-state index in [0.717, 1.165) is 37.3 Å². The maximum atomic E-state index is 11.9. The van der Waals surface area contributed by atoms with Crippen molar-refractivity contribution in [2.75, 3.05) is 35.2 Å². The minimum absolute atomic E-state index is 0.156. The van der Waals surface area contributed by atoms with Crippen LogP contribution in [0.5, 0.6) is 0 Å². The molecule has 136 valence electrons. The van der Waals surface area contributed by atoms with E-state index >= 15 is 0 Å². The summed E-state index contributed by atoms with van der Waals surface area (Å²) in [6.07, 6.45) is 5.80. The van der Waals surface area contributed by atoms with Gasteiger partial charge in [0.1, 0.15) is 0 Å². The van der Waals surface area contributed by atoms with Crippen LogP contribution in [0.4, 0.5) is 21.9 Å². The maximum Gasteiger partial charge on any atom is 0.319 e. The normalized spacial score (nSPS) is 13.5. The Labute approximate surface area is 152 Å². The van der Waals surface area contributed by atoms with Crippen LogP contribution in [0.2, 0.25) is 0 Å². The van der Waals surface area contributed by atoms with Crippen molar-refractivity contribution in [1.82, 2.24) is 10.3 Å². The molecule has 0 saturated carbocycles. The lowest BCUT2D eigenvalue weighted by Gasteiger charge is -2.16. The molecule has 1 aliphatic heterocycles. The van der Waals surface area contributed by atoms with Crippen molar-refractivity contribution in [2.45, 2.75) is 19.3 Å². The molecular formula is C19H23N5O2. The number of hydrogen-bond acceptors (Lipinski definition) is 4. The summed E-state index contributed by atoms with van der Waals surface area (Å²) in [4.78, 5) is 29.5. The molecule has 2 aromatic rings. The zero-order chi connectivity index (χ0) is 18.2. The largest absolute Gasteiger partial charge is 0.384 e. The van der Waals surface area contributed by atoms with Gasteiger partial charge in [-0.3, -0.25) is 9.78 Å². The molecule has 7 heteroatoms. The van der Waals surface area contributed by atoms with E-state index in [1.807, 2.05) is 36.4 Å². The highest BCUT2D eigenvalue weighted by Gasteiger charge is 2.21. The zero-order valence-electron chi connectivity index (χ0n) is 14.6. The van der Waals surface area contributed by atoms with Crippen LogP contribution < -0.4 is 20.9 Å². The van der Waals surface area contributed by atoms with Crippen molar-refractivity contribution < 1.29 is 9.59 Å². The van der Waals surface area contributed by atoms with Gasteiger partial charge in [0.25, 0.3) is 0 Å². The quantitative estimate of drug-likeness (QED) is 0.668. The van der Waals surface area contributed by atoms with Crippen LogP contribution in [0.25, 0.3) is 0 Å². The number of urea groups is 1. The van der Waals surface area contributed by atoms with E-state index in [0.29, 0.717) is 18.7 Å². The fraction of sp³-hybridized carbons (Fsp3) is 0.316. The van der Waals surface area contributed by atoms with Crippen LogP contribution in [-0.4, -0.2) is 36.6 Å². The molecule has 1 fully saturated rings. The summed E-state index contributed by atoms with van der Waals surface area (Å²) in [6, 6.07) is 10.9. The van der Waals surface area contributed by atoms with E-state index in [1.54, 1.807) is 17.3 Å². The lowest BCUT2D eigenvalue weighted by molar-refractivity contribution is -0.117. The second-order valence-electron chi connectivity index (χ2n) is 6.10. The average molecular weight is 353 g/mol. The first-order valence-electron chi connectivity index (χ1n) is 8.81. The molecule has 1 aliphatic rings. The number of hydrogen-bond donors (Lipinski definition) is 3. The molecule has 0 radical (unpaired) electrons. The smallest absolute Gasteiger partial charge is 0.319 e. The van der Waals surface area contributed by atoms with Crippen molar-refractivity contribution in [1.29, 1.82) is 0 Å². The fourth-order valence-corrected chi connectivity index (χ4v) is 2.81. The van der Waals surface area contributed by atoms with Crippen molar-refractivity contribution in [3.63, 3.8) is 0 Å². The van der Waals surface area contributed by atoms with E-state index in [4.69, 9.17) is 0 Å². The van der Waals surface area contributed by atoms with E-state index in [1.165, 1.54) is 0 Å². The fourth-order valence-electron chi connectivity index (χ4n) is 2.81. The van der Waals surface area contributed by atoms with Crippen LogP contribution in [0, 0.1) is 0 Å². The van der Waals surface area contributed by atoms with E-state index in [-0.39, 0.29) is 11.9 Å². The Bertz CT molecular complexity index is 733. The van der Waals surface area contributed by atoms with E-state index in [2.05, 4.69) is 20.9 Å². The van der Waals surface area contributed by atoms with Crippen molar-refractivity contribution in [2.24, 2.45) is 0 Å². The van der Waals surface area contributed by atoms with Gasteiger partial charge in [0.2, 0.25) is 5.91 Å². The third-order valence-electron chi connectivity index (χ3n) is 4.14. The highest BCUT2D eigenvalue weighted by atomic mass is 16.2. The lowest BCUT2D eigenvalue weighted by atomic mass is 10.2. The third-order valence-corrected chi connectivity index (χ3v) is 4.14. The number of anilines is 3. The minimum Gasteiger partial charge on any atom is -0.384 e. The molecule has 0 bridgehead atoms. The summed E-state index contributed by atoms with van der Waals surface area (Å²) in [5.74, 6) is 0.156. The Morgan fingerprint density at radius 2 is 1.96 bits per heavy atom. The summed E-state index contributed by atoms with van der Waals surface area (Å²) in [7, 11) is 0. The average Bonchev–Trinajstić information content (AvgIpc) is 3.09. The van der Waals surface area contributed by atoms with Crippen LogP contribution in [0.15, 0.2) is 48.8 Å². The summed E-state index contributed by atoms with van der Waals surface area (Å²) in [6.45, 7) is 2.09. The summed E-state index contributed by atoms with van der Waals surface area (Å²) >= 11 is 0. The first-order valence-corrected chi connectivity index (χ1v) is 8.81. The molecule has 2 heterocycles. The number of carbonyl (C=O) groups is 2. The SMILES string of the molecule is O=C(NCCCNc1cccnc1)Nc1ccc(N2CCCC2=O)cc1. The lowest BCUT2D eigenvalue weighted by Crippen LogP contribution is -2.30. The Morgan fingerprint density at radius 3 is 2.65 bits per heavy atom. The van der Waals surface area contributed by atoms with Gasteiger partial charge in [0, 0.05) is 49.8 Å². The molecule has 26 heavy (non-hydrogen) atoms. The molecule has 1 aromatic carbocycles. The van der Waals surface area contributed by atoms with Crippen LogP contribution in [0.1, 0.15) is 19.3 Å². The predicted octanol–water partition coefficient (Wildman–Crippen LogP) is 2.83. The zero-order valence-corrected chi connectivity index (χ0v) is 14.6. The van der Waals surface area contributed by atoms with Gasteiger partial charge in [-0.25, -0.2) is 4.79 Å². The number of benzene rings is 1.